The summed E-state index contributed by atoms with van der Waals surface area (Å²) in [4.78, 5) is 0. The Hall–Kier alpha value is -0.240. The molecule has 1 aromatic carbocycles. The van der Waals surface area contributed by atoms with Crippen LogP contribution < -0.4 is 5.73 Å². The van der Waals surface area contributed by atoms with E-state index in [-0.39, 0.29) is 18.4 Å². The minimum atomic E-state index is 0. The Morgan fingerprint density at radius 3 is 2.64 bits per heavy atom. The van der Waals surface area contributed by atoms with Crippen LogP contribution in [0.25, 0.3) is 0 Å². The summed E-state index contributed by atoms with van der Waals surface area (Å²) in [5.41, 5.74) is 8.43. The molecule has 1 aliphatic rings. The van der Waals surface area contributed by atoms with Crippen molar-refractivity contribution in [3.05, 3.63) is 34.3 Å². The van der Waals surface area contributed by atoms with Gasteiger partial charge >= 0.3 is 0 Å². The van der Waals surface area contributed by atoms with Crippen molar-refractivity contribution in [3.8, 4) is 0 Å². The molecule has 1 nitrogen and oxygen atoms in total. The number of aryl methyl sites for hydroxylation is 1. The summed E-state index contributed by atoms with van der Waals surface area (Å²) in [6, 6.07) is 6.21. The molecule has 3 heteroatoms. The van der Waals surface area contributed by atoms with Crippen LogP contribution in [0.15, 0.2) is 18.2 Å². The number of halogens is 2. The summed E-state index contributed by atoms with van der Waals surface area (Å²) in [5, 5.41) is 0.810. The molecule has 1 unspecified atom stereocenters. The Labute approximate surface area is 96.0 Å². The first-order valence-electron chi connectivity index (χ1n) is 4.70. The second-order valence-corrected chi connectivity index (χ2v) is 4.30. The molecule has 2 rings (SSSR count). The maximum Gasteiger partial charge on any atom is 0.0454 e. The van der Waals surface area contributed by atoms with E-state index in [1.807, 2.05) is 12.1 Å². The maximum atomic E-state index is 6.09. The molecule has 14 heavy (non-hydrogen) atoms. The third-order valence-electron chi connectivity index (χ3n) is 2.64. The predicted octanol–water partition coefficient (Wildman–Crippen LogP) is 3.48. The summed E-state index contributed by atoms with van der Waals surface area (Å²) in [7, 11) is 0. The molecular weight excluding hydrogens is 217 g/mol. The van der Waals surface area contributed by atoms with Crippen molar-refractivity contribution in [2.45, 2.75) is 25.8 Å². The van der Waals surface area contributed by atoms with Gasteiger partial charge in [0.1, 0.15) is 0 Å². The van der Waals surface area contributed by atoms with Gasteiger partial charge in [0.05, 0.1) is 0 Å². The zero-order valence-corrected chi connectivity index (χ0v) is 9.74. The fraction of sp³-hybridized carbons (Fsp3) is 0.455. The van der Waals surface area contributed by atoms with Crippen LogP contribution in [0.5, 0.6) is 0 Å². The molecule has 0 aliphatic heterocycles. The highest BCUT2D eigenvalue weighted by molar-refractivity contribution is 6.31. The molecule has 1 atom stereocenters. The van der Waals surface area contributed by atoms with E-state index in [1.54, 1.807) is 0 Å². The lowest BCUT2D eigenvalue weighted by atomic mass is 10.0. The van der Waals surface area contributed by atoms with E-state index in [9.17, 15) is 0 Å². The van der Waals surface area contributed by atoms with Gasteiger partial charge in [0.25, 0.3) is 0 Å². The largest absolute Gasteiger partial charge is 0.324 e. The highest BCUT2D eigenvalue weighted by atomic mass is 35.5. The van der Waals surface area contributed by atoms with Gasteiger partial charge in [0.2, 0.25) is 0 Å². The smallest absolute Gasteiger partial charge is 0.0454 e. The highest BCUT2D eigenvalue weighted by Gasteiger charge is 2.30. The van der Waals surface area contributed by atoms with Crippen LogP contribution in [0.4, 0.5) is 0 Å². The van der Waals surface area contributed by atoms with E-state index >= 15 is 0 Å². The summed E-state index contributed by atoms with van der Waals surface area (Å²) in [6.07, 6.45) is 2.51. The molecule has 1 saturated carbocycles. The quantitative estimate of drug-likeness (QED) is 0.829. The van der Waals surface area contributed by atoms with Crippen molar-refractivity contribution in [2.24, 2.45) is 11.7 Å². The third kappa shape index (κ3) is 2.41. The molecule has 1 fully saturated rings. The predicted molar refractivity (Wildman–Crippen MR) is 63.1 cm³/mol. The Balaban J connectivity index is 0.000000980. The van der Waals surface area contributed by atoms with Gasteiger partial charge in [-0.3, -0.25) is 0 Å². The van der Waals surface area contributed by atoms with Crippen molar-refractivity contribution >= 4 is 24.0 Å². The van der Waals surface area contributed by atoms with Crippen molar-refractivity contribution in [1.29, 1.82) is 0 Å². The number of hydrogen-bond donors (Lipinski definition) is 1. The lowest BCUT2D eigenvalue weighted by Gasteiger charge is -2.13. The van der Waals surface area contributed by atoms with Crippen LogP contribution in [-0.4, -0.2) is 0 Å². The van der Waals surface area contributed by atoms with E-state index in [4.69, 9.17) is 17.3 Å². The first kappa shape index (κ1) is 11.8. The summed E-state index contributed by atoms with van der Waals surface area (Å²) in [6.45, 7) is 2.07. The van der Waals surface area contributed by atoms with Gasteiger partial charge in [-0.05, 0) is 37.3 Å². The van der Waals surface area contributed by atoms with Crippen LogP contribution in [-0.2, 0) is 0 Å². The SMILES string of the molecule is Cc1ccc(Cl)c(C(N)C2CC2)c1.Cl. The minimum absolute atomic E-state index is 0. The Morgan fingerprint density at radius 2 is 2.07 bits per heavy atom. The summed E-state index contributed by atoms with van der Waals surface area (Å²) in [5.74, 6) is 0.666. The van der Waals surface area contributed by atoms with E-state index in [2.05, 4.69) is 13.0 Å². The van der Waals surface area contributed by atoms with Crippen LogP contribution >= 0.6 is 24.0 Å². The number of benzene rings is 1. The number of nitrogens with two attached hydrogens (primary N) is 1. The average molecular weight is 232 g/mol. The Bertz CT molecular complexity index is 321. The molecule has 0 bridgehead atoms. The fourth-order valence-corrected chi connectivity index (χ4v) is 1.87. The van der Waals surface area contributed by atoms with Gasteiger partial charge in [0, 0.05) is 11.1 Å². The van der Waals surface area contributed by atoms with Gasteiger partial charge in [-0.1, -0.05) is 29.3 Å². The molecule has 0 amide bonds. The molecular formula is C11H15Cl2N. The van der Waals surface area contributed by atoms with Crippen LogP contribution in [0.3, 0.4) is 0 Å². The summed E-state index contributed by atoms with van der Waals surface area (Å²) < 4.78 is 0. The lowest BCUT2D eigenvalue weighted by Crippen LogP contribution is -2.12. The van der Waals surface area contributed by atoms with Gasteiger partial charge < -0.3 is 5.73 Å². The normalized spacial score (nSPS) is 17.4. The standard InChI is InChI=1S/C11H14ClN.ClH/c1-7-2-5-10(12)9(6-7)11(13)8-3-4-8;/h2,5-6,8,11H,3-4,13H2,1H3;1H. The first-order chi connectivity index (χ1) is 6.18. The van der Waals surface area contributed by atoms with E-state index in [1.165, 1.54) is 18.4 Å². The van der Waals surface area contributed by atoms with Crippen LogP contribution in [0.2, 0.25) is 5.02 Å². The van der Waals surface area contributed by atoms with E-state index < -0.39 is 0 Å². The molecule has 0 radical (unpaired) electrons. The Morgan fingerprint density at radius 1 is 1.43 bits per heavy atom. The molecule has 0 spiro atoms. The highest BCUT2D eigenvalue weighted by Crippen LogP contribution is 2.41. The van der Waals surface area contributed by atoms with Gasteiger partial charge in [-0.15, -0.1) is 12.4 Å². The first-order valence-corrected chi connectivity index (χ1v) is 5.08. The molecule has 0 heterocycles. The van der Waals surface area contributed by atoms with Crippen molar-refractivity contribution in [1.82, 2.24) is 0 Å². The third-order valence-corrected chi connectivity index (χ3v) is 2.98. The number of hydrogen-bond acceptors (Lipinski definition) is 1. The topological polar surface area (TPSA) is 26.0 Å². The molecule has 2 N–H and O–H groups in total. The monoisotopic (exact) mass is 231 g/mol. The van der Waals surface area contributed by atoms with E-state index in [0.717, 1.165) is 10.6 Å². The zero-order valence-electron chi connectivity index (χ0n) is 8.16. The average Bonchev–Trinajstić information content (AvgIpc) is 2.91. The molecule has 0 aromatic heterocycles. The molecule has 0 saturated heterocycles. The minimum Gasteiger partial charge on any atom is -0.324 e. The van der Waals surface area contributed by atoms with Gasteiger partial charge in [-0.2, -0.15) is 0 Å². The maximum absolute atomic E-state index is 6.09. The zero-order chi connectivity index (χ0) is 9.42. The van der Waals surface area contributed by atoms with Gasteiger partial charge in [-0.25, -0.2) is 0 Å². The van der Waals surface area contributed by atoms with Crippen molar-refractivity contribution in [3.63, 3.8) is 0 Å². The second kappa shape index (κ2) is 4.52. The lowest BCUT2D eigenvalue weighted by molar-refractivity contribution is 0.633. The number of rotatable bonds is 2. The van der Waals surface area contributed by atoms with Crippen LogP contribution in [0.1, 0.15) is 30.0 Å². The van der Waals surface area contributed by atoms with Gasteiger partial charge in [0.15, 0.2) is 0 Å². The van der Waals surface area contributed by atoms with Crippen molar-refractivity contribution in [2.75, 3.05) is 0 Å². The van der Waals surface area contributed by atoms with E-state index in [0.29, 0.717) is 5.92 Å². The molecule has 1 aromatic rings. The fourth-order valence-electron chi connectivity index (χ4n) is 1.63. The summed E-state index contributed by atoms with van der Waals surface area (Å²) >= 11 is 6.08. The second-order valence-electron chi connectivity index (χ2n) is 3.89. The van der Waals surface area contributed by atoms with Crippen LogP contribution in [0, 0.1) is 12.8 Å². The van der Waals surface area contributed by atoms with Crippen molar-refractivity contribution < 1.29 is 0 Å². The molecule has 78 valence electrons. The Kier molecular flexibility index (Phi) is 3.82. The molecule has 1 aliphatic carbocycles.